The molecule has 1 aromatic heterocycles. The number of ether oxygens (including phenoxy) is 5. The number of furan rings is 1. The molecule has 0 spiro atoms. The molecule has 4 aromatic rings. The first kappa shape index (κ1) is 22.4. The molecule has 0 radical (unpaired) electrons. The first-order valence-electron chi connectivity index (χ1n) is 10.3. The van der Waals surface area contributed by atoms with Crippen molar-refractivity contribution in [3.8, 4) is 39.9 Å². The summed E-state index contributed by atoms with van der Waals surface area (Å²) in [5.41, 5.74) is 2.78. The highest BCUT2D eigenvalue weighted by molar-refractivity contribution is 5.96. The van der Waals surface area contributed by atoms with E-state index >= 15 is 0 Å². The Bertz CT molecular complexity index is 1230. The summed E-state index contributed by atoms with van der Waals surface area (Å²) in [5, 5.41) is 12.3. The van der Waals surface area contributed by atoms with Crippen molar-refractivity contribution >= 4 is 11.0 Å². The average molecular weight is 450 g/mol. The number of hydrogen-bond donors (Lipinski definition) is 1. The maximum Gasteiger partial charge on any atom is 0.203 e. The Labute approximate surface area is 192 Å². The van der Waals surface area contributed by atoms with Crippen LogP contribution in [0.4, 0.5) is 0 Å². The van der Waals surface area contributed by atoms with Gasteiger partial charge in [0, 0.05) is 17.0 Å². The molecule has 0 amide bonds. The first-order chi connectivity index (χ1) is 16.0. The van der Waals surface area contributed by atoms with Gasteiger partial charge in [-0.3, -0.25) is 0 Å². The number of aliphatic hydroxyl groups excluding tert-OH is 1. The van der Waals surface area contributed by atoms with Crippen LogP contribution in [0.3, 0.4) is 0 Å². The maximum absolute atomic E-state index is 11.5. The van der Waals surface area contributed by atoms with Gasteiger partial charge in [0.1, 0.15) is 28.9 Å². The van der Waals surface area contributed by atoms with Crippen LogP contribution in [-0.2, 0) is 0 Å². The zero-order chi connectivity index (χ0) is 23.5. The molecule has 0 saturated carbocycles. The van der Waals surface area contributed by atoms with Gasteiger partial charge in [-0.15, -0.1) is 0 Å². The zero-order valence-electron chi connectivity index (χ0n) is 19.2. The van der Waals surface area contributed by atoms with E-state index in [1.165, 1.54) is 21.3 Å². The van der Waals surface area contributed by atoms with E-state index in [0.29, 0.717) is 39.9 Å². The molecule has 4 rings (SSSR count). The second-order valence-corrected chi connectivity index (χ2v) is 7.29. The summed E-state index contributed by atoms with van der Waals surface area (Å²) >= 11 is 0. The lowest BCUT2D eigenvalue weighted by molar-refractivity contribution is 0.191. The summed E-state index contributed by atoms with van der Waals surface area (Å²) in [4.78, 5) is 0. The standard InChI is InChI=1S/C26H26O7/c1-28-17-8-6-15(7-9-17)23-19-11-10-18(29-2)14-20(19)33-26(23)24(27)16-12-21(30-3)25(32-5)22(13-16)31-4/h6-14,24,27H,1-5H3. The number of aliphatic hydroxyl groups is 1. The van der Waals surface area contributed by atoms with Crippen molar-refractivity contribution in [2.45, 2.75) is 6.10 Å². The number of hydrogen-bond acceptors (Lipinski definition) is 7. The number of methoxy groups -OCH3 is 5. The van der Waals surface area contributed by atoms with Crippen LogP contribution < -0.4 is 23.7 Å². The Morgan fingerprint density at radius 3 is 1.85 bits per heavy atom. The molecule has 33 heavy (non-hydrogen) atoms. The highest BCUT2D eigenvalue weighted by Crippen LogP contribution is 2.45. The fourth-order valence-electron chi connectivity index (χ4n) is 3.88. The molecule has 1 N–H and O–H groups in total. The van der Waals surface area contributed by atoms with E-state index in [2.05, 4.69) is 0 Å². The van der Waals surface area contributed by atoms with E-state index in [9.17, 15) is 5.11 Å². The highest BCUT2D eigenvalue weighted by atomic mass is 16.5. The lowest BCUT2D eigenvalue weighted by Crippen LogP contribution is -2.03. The molecule has 7 heteroatoms. The van der Waals surface area contributed by atoms with Gasteiger partial charge in [0.25, 0.3) is 0 Å². The predicted octanol–water partition coefficient (Wildman–Crippen LogP) is 5.22. The van der Waals surface area contributed by atoms with Crippen LogP contribution in [0.1, 0.15) is 17.4 Å². The van der Waals surface area contributed by atoms with Crippen molar-refractivity contribution in [1.82, 2.24) is 0 Å². The molecule has 0 aliphatic heterocycles. The summed E-state index contributed by atoms with van der Waals surface area (Å²) in [6.07, 6.45) is -1.10. The van der Waals surface area contributed by atoms with Crippen molar-refractivity contribution in [2.75, 3.05) is 35.5 Å². The Balaban J connectivity index is 1.92. The van der Waals surface area contributed by atoms with Crippen molar-refractivity contribution in [3.63, 3.8) is 0 Å². The molecule has 1 atom stereocenters. The normalized spacial score (nSPS) is 11.8. The largest absolute Gasteiger partial charge is 0.497 e. The summed E-state index contributed by atoms with van der Waals surface area (Å²) in [5.74, 6) is 3.11. The Morgan fingerprint density at radius 2 is 1.30 bits per heavy atom. The van der Waals surface area contributed by atoms with Gasteiger partial charge >= 0.3 is 0 Å². The van der Waals surface area contributed by atoms with E-state index in [1.54, 1.807) is 32.4 Å². The smallest absolute Gasteiger partial charge is 0.203 e. The minimum Gasteiger partial charge on any atom is -0.497 e. The zero-order valence-corrected chi connectivity index (χ0v) is 19.2. The molecule has 1 heterocycles. The lowest BCUT2D eigenvalue weighted by atomic mass is 9.96. The van der Waals surface area contributed by atoms with Crippen molar-refractivity contribution < 1.29 is 33.2 Å². The van der Waals surface area contributed by atoms with Gasteiger partial charge in [-0.1, -0.05) is 12.1 Å². The summed E-state index contributed by atoms with van der Waals surface area (Å²) in [6.45, 7) is 0. The van der Waals surface area contributed by atoms with Gasteiger partial charge in [0.05, 0.1) is 35.5 Å². The third-order valence-electron chi connectivity index (χ3n) is 5.55. The van der Waals surface area contributed by atoms with Gasteiger partial charge in [-0.2, -0.15) is 0 Å². The molecule has 172 valence electrons. The summed E-state index contributed by atoms with van der Waals surface area (Å²) in [6, 6.07) is 16.6. The second-order valence-electron chi connectivity index (χ2n) is 7.29. The van der Waals surface area contributed by atoms with Crippen LogP contribution in [0.15, 0.2) is 59.0 Å². The van der Waals surface area contributed by atoms with Crippen molar-refractivity contribution in [1.29, 1.82) is 0 Å². The van der Waals surface area contributed by atoms with Gasteiger partial charge in [0.2, 0.25) is 5.75 Å². The van der Waals surface area contributed by atoms with Crippen LogP contribution >= 0.6 is 0 Å². The Hall–Kier alpha value is -3.84. The SMILES string of the molecule is COc1ccc(-c2c(C(O)c3cc(OC)c(OC)c(OC)c3)oc3cc(OC)ccc23)cc1. The fraction of sp³-hybridized carbons (Fsp3) is 0.231. The van der Waals surface area contributed by atoms with Crippen LogP contribution in [0.25, 0.3) is 22.1 Å². The third-order valence-corrected chi connectivity index (χ3v) is 5.55. The third kappa shape index (κ3) is 4.03. The van der Waals surface area contributed by atoms with E-state index < -0.39 is 6.10 Å². The van der Waals surface area contributed by atoms with Gasteiger partial charge < -0.3 is 33.2 Å². The van der Waals surface area contributed by atoms with Crippen LogP contribution in [0, 0.1) is 0 Å². The minimum absolute atomic E-state index is 0.387. The molecule has 0 saturated heterocycles. The van der Waals surface area contributed by atoms with E-state index in [4.69, 9.17) is 28.1 Å². The molecule has 1 unspecified atom stereocenters. The minimum atomic E-state index is -1.10. The van der Waals surface area contributed by atoms with Gasteiger partial charge in [-0.05, 0) is 47.5 Å². The van der Waals surface area contributed by atoms with Crippen LogP contribution in [0.5, 0.6) is 28.7 Å². The predicted molar refractivity (Wildman–Crippen MR) is 125 cm³/mol. The quantitative estimate of drug-likeness (QED) is 0.394. The Kier molecular flexibility index (Phi) is 6.33. The molecule has 0 bridgehead atoms. The molecule has 0 aliphatic carbocycles. The summed E-state index contributed by atoms with van der Waals surface area (Å²) < 4.78 is 33.2. The first-order valence-corrected chi connectivity index (χ1v) is 10.3. The molecule has 3 aromatic carbocycles. The number of rotatable bonds is 8. The van der Waals surface area contributed by atoms with Crippen molar-refractivity contribution in [3.05, 3.63) is 65.9 Å². The molecule has 7 nitrogen and oxygen atoms in total. The van der Waals surface area contributed by atoms with E-state index in [-0.39, 0.29) is 0 Å². The van der Waals surface area contributed by atoms with E-state index in [0.717, 1.165) is 22.3 Å². The molecular weight excluding hydrogens is 424 g/mol. The number of fused-ring (bicyclic) bond motifs is 1. The summed E-state index contributed by atoms with van der Waals surface area (Å²) in [7, 11) is 7.81. The monoisotopic (exact) mass is 450 g/mol. The highest BCUT2D eigenvalue weighted by Gasteiger charge is 2.26. The van der Waals surface area contributed by atoms with Crippen molar-refractivity contribution in [2.24, 2.45) is 0 Å². The van der Waals surface area contributed by atoms with Crippen LogP contribution in [0.2, 0.25) is 0 Å². The molecular formula is C26H26O7. The average Bonchev–Trinajstić information content (AvgIpc) is 3.25. The topological polar surface area (TPSA) is 79.5 Å². The molecule has 0 fully saturated rings. The Morgan fingerprint density at radius 1 is 0.697 bits per heavy atom. The van der Waals surface area contributed by atoms with Crippen LogP contribution in [-0.4, -0.2) is 40.7 Å². The fourth-order valence-corrected chi connectivity index (χ4v) is 3.88. The maximum atomic E-state index is 11.5. The van der Waals surface area contributed by atoms with Gasteiger partial charge in [-0.25, -0.2) is 0 Å². The van der Waals surface area contributed by atoms with Gasteiger partial charge in [0.15, 0.2) is 11.5 Å². The second kappa shape index (κ2) is 9.34. The number of benzene rings is 3. The van der Waals surface area contributed by atoms with E-state index in [1.807, 2.05) is 36.4 Å². The molecule has 0 aliphatic rings. The lowest BCUT2D eigenvalue weighted by Gasteiger charge is -2.17.